The smallest absolute Gasteiger partial charge is 0.120 e. The van der Waals surface area contributed by atoms with Crippen LogP contribution in [0.1, 0.15) is 28.2 Å². The Bertz CT molecular complexity index is 558. The molecule has 3 nitrogen and oxygen atoms in total. The van der Waals surface area contributed by atoms with Crippen LogP contribution < -0.4 is 10.1 Å². The summed E-state index contributed by atoms with van der Waals surface area (Å²) in [5.41, 5.74) is 3.63. The van der Waals surface area contributed by atoms with Crippen molar-refractivity contribution < 1.29 is 9.15 Å². The summed E-state index contributed by atoms with van der Waals surface area (Å²) in [4.78, 5) is 0. The summed E-state index contributed by atoms with van der Waals surface area (Å²) in [5, 5.41) is 3.08. The van der Waals surface area contributed by atoms with Gasteiger partial charge in [0.1, 0.15) is 23.9 Å². The molecule has 0 unspecified atom stereocenters. The van der Waals surface area contributed by atoms with Crippen LogP contribution in [0.4, 0.5) is 0 Å². The fraction of sp³-hybridized carbons (Fsp3) is 0.375. The molecule has 0 atom stereocenters. The summed E-state index contributed by atoms with van der Waals surface area (Å²) in [6.45, 7) is 7.45. The fourth-order valence-corrected chi connectivity index (χ4v) is 1.96. The Labute approximate surface area is 114 Å². The van der Waals surface area contributed by atoms with Crippen molar-refractivity contribution in [3.05, 3.63) is 52.5 Å². The second-order valence-corrected chi connectivity index (χ2v) is 4.86. The first-order valence-corrected chi connectivity index (χ1v) is 6.53. The molecular formula is C16H21NO2. The lowest BCUT2D eigenvalue weighted by Gasteiger charge is -2.07. The maximum Gasteiger partial charge on any atom is 0.120 e. The highest BCUT2D eigenvalue weighted by Crippen LogP contribution is 2.20. The van der Waals surface area contributed by atoms with Gasteiger partial charge in [-0.05, 0) is 57.1 Å². The standard InChI is InChI=1S/C16H21NO2/c1-11-5-6-15(7-12(11)2)18-10-14-8-16(9-17-4)19-13(14)3/h5-8,17H,9-10H2,1-4H3. The molecule has 1 aromatic heterocycles. The molecule has 2 aromatic rings. The Morgan fingerprint density at radius 1 is 1.11 bits per heavy atom. The third-order valence-electron chi connectivity index (χ3n) is 3.30. The summed E-state index contributed by atoms with van der Waals surface area (Å²) in [7, 11) is 1.91. The van der Waals surface area contributed by atoms with E-state index in [9.17, 15) is 0 Å². The van der Waals surface area contributed by atoms with Crippen LogP contribution in [0.3, 0.4) is 0 Å². The molecule has 2 rings (SSSR count). The van der Waals surface area contributed by atoms with Crippen LogP contribution >= 0.6 is 0 Å². The molecule has 1 aromatic carbocycles. The maximum atomic E-state index is 5.82. The molecule has 0 amide bonds. The number of nitrogens with one attached hydrogen (secondary N) is 1. The number of benzene rings is 1. The van der Waals surface area contributed by atoms with Crippen molar-refractivity contribution in [1.29, 1.82) is 0 Å². The van der Waals surface area contributed by atoms with Crippen LogP contribution in [0.25, 0.3) is 0 Å². The molecule has 102 valence electrons. The van der Waals surface area contributed by atoms with Gasteiger partial charge >= 0.3 is 0 Å². The molecule has 19 heavy (non-hydrogen) atoms. The Morgan fingerprint density at radius 2 is 1.89 bits per heavy atom. The van der Waals surface area contributed by atoms with Crippen LogP contribution in [-0.2, 0) is 13.2 Å². The average Bonchev–Trinajstić information content (AvgIpc) is 2.72. The SMILES string of the molecule is CNCc1cc(COc2ccc(C)c(C)c2)c(C)o1. The molecule has 1 N–H and O–H groups in total. The lowest BCUT2D eigenvalue weighted by atomic mass is 10.1. The minimum absolute atomic E-state index is 0.543. The number of aryl methyl sites for hydroxylation is 3. The summed E-state index contributed by atoms with van der Waals surface area (Å²) in [5.74, 6) is 2.77. The van der Waals surface area contributed by atoms with Gasteiger partial charge in [0.15, 0.2) is 0 Å². The largest absolute Gasteiger partial charge is 0.489 e. The van der Waals surface area contributed by atoms with E-state index < -0.39 is 0 Å². The van der Waals surface area contributed by atoms with Crippen molar-refractivity contribution in [3.8, 4) is 5.75 Å². The summed E-state index contributed by atoms with van der Waals surface area (Å²) in [6, 6.07) is 8.21. The normalized spacial score (nSPS) is 10.7. The summed E-state index contributed by atoms with van der Waals surface area (Å²) in [6.07, 6.45) is 0. The van der Waals surface area contributed by atoms with Crippen molar-refractivity contribution in [2.45, 2.75) is 33.9 Å². The first kappa shape index (κ1) is 13.7. The second kappa shape index (κ2) is 5.93. The van der Waals surface area contributed by atoms with Crippen molar-refractivity contribution in [2.24, 2.45) is 0 Å². The van der Waals surface area contributed by atoms with Crippen LogP contribution in [0.15, 0.2) is 28.7 Å². The van der Waals surface area contributed by atoms with Gasteiger partial charge in [0.25, 0.3) is 0 Å². The molecule has 0 fully saturated rings. The number of ether oxygens (including phenoxy) is 1. The van der Waals surface area contributed by atoms with E-state index in [0.29, 0.717) is 6.61 Å². The van der Waals surface area contributed by atoms with Crippen LogP contribution in [0, 0.1) is 20.8 Å². The number of hydrogen-bond acceptors (Lipinski definition) is 3. The van der Waals surface area contributed by atoms with Gasteiger partial charge in [0.05, 0.1) is 6.54 Å². The van der Waals surface area contributed by atoms with Crippen molar-refractivity contribution >= 4 is 0 Å². The van der Waals surface area contributed by atoms with Gasteiger partial charge in [-0.25, -0.2) is 0 Å². The molecule has 1 heterocycles. The topological polar surface area (TPSA) is 34.4 Å². The molecule has 0 bridgehead atoms. The molecule has 3 heteroatoms. The first-order valence-electron chi connectivity index (χ1n) is 6.53. The lowest BCUT2D eigenvalue weighted by molar-refractivity contribution is 0.302. The second-order valence-electron chi connectivity index (χ2n) is 4.86. The van der Waals surface area contributed by atoms with E-state index in [1.807, 2.05) is 26.1 Å². The van der Waals surface area contributed by atoms with Gasteiger partial charge < -0.3 is 14.5 Å². The zero-order valence-electron chi connectivity index (χ0n) is 12.0. The van der Waals surface area contributed by atoms with E-state index >= 15 is 0 Å². The van der Waals surface area contributed by atoms with Crippen molar-refractivity contribution in [1.82, 2.24) is 5.32 Å². The van der Waals surface area contributed by atoms with E-state index in [4.69, 9.17) is 9.15 Å². The summed E-state index contributed by atoms with van der Waals surface area (Å²) >= 11 is 0. The van der Waals surface area contributed by atoms with Gasteiger partial charge in [0.2, 0.25) is 0 Å². The molecule has 0 radical (unpaired) electrons. The molecule has 0 aliphatic heterocycles. The fourth-order valence-electron chi connectivity index (χ4n) is 1.96. The maximum absolute atomic E-state index is 5.82. The van der Waals surface area contributed by atoms with Gasteiger partial charge in [-0.2, -0.15) is 0 Å². The zero-order valence-corrected chi connectivity index (χ0v) is 12.0. The zero-order chi connectivity index (χ0) is 13.8. The molecule has 0 saturated heterocycles. The van der Waals surface area contributed by atoms with E-state index in [-0.39, 0.29) is 0 Å². The molecule has 0 aliphatic rings. The Kier molecular flexibility index (Phi) is 4.27. The highest BCUT2D eigenvalue weighted by molar-refractivity contribution is 5.34. The van der Waals surface area contributed by atoms with Crippen molar-refractivity contribution in [2.75, 3.05) is 7.05 Å². The van der Waals surface area contributed by atoms with Crippen LogP contribution in [0.5, 0.6) is 5.75 Å². The van der Waals surface area contributed by atoms with Gasteiger partial charge in [-0.1, -0.05) is 6.07 Å². The van der Waals surface area contributed by atoms with Crippen molar-refractivity contribution in [3.63, 3.8) is 0 Å². The molecule has 0 saturated carbocycles. The minimum atomic E-state index is 0.543. The van der Waals surface area contributed by atoms with E-state index in [1.165, 1.54) is 11.1 Å². The van der Waals surface area contributed by atoms with E-state index in [0.717, 1.165) is 29.4 Å². The number of furan rings is 1. The van der Waals surface area contributed by atoms with E-state index in [2.05, 4.69) is 31.3 Å². The van der Waals surface area contributed by atoms with Crippen LogP contribution in [0.2, 0.25) is 0 Å². The Morgan fingerprint density at radius 3 is 2.58 bits per heavy atom. The highest BCUT2D eigenvalue weighted by Gasteiger charge is 2.07. The third kappa shape index (κ3) is 3.38. The summed E-state index contributed by atoms with van der Waals surface area (Å²) < 4.78 is 11.5. The molecule has 0 aliphatic carbocycles. The van der Waals surface area contributed by atoms with Crippen LogP contribution in [-0.4, -0.2) is 7.05 Å². The average molecular weight is 259 g/mol. The third-order valence-corrected chi connectivity index (χ3v) is 3.30. The number of rotatable bonds is 5. The quantitative estimate of drug-likeness (QED) is 0.892. The van der Waals surface area contributed by atoms with Gasteiger partial charge in [0, 0.05) is 5.56 Å². The predicted octanol–water partition coefficient (Wildman–Crippen LogP) is 3.50. The first-order chi connectivity index (χ1) is 9.10. The van der Waals surface area contributed by atoms with Gasteiger partial charge in [-0.3, -0.25) is 0 Å². The lowest BCUT2D eigenvalue weighted by Crippen LogP contribution is -2.03. The minimum Gasteiger partial charge on any atom is -0.489 e. The predicted molar refractivity (Wildman–Crippen MR) is 76.5 cm³/mol. The Balaban J connectivity index is 2.03. The highest BCUT2D eigenvalue weighted by atomic mass is 16.5. The Hall–Kier alpha value is -1.74. The van der Waals surface area contributed by atoms with E-state index in [1.54, 1.807) is 0 Å². The molecule has 0 spiro atoms. The number of hydrogen-bond donors (Lipinski definition) is 1. The van der Waals surface area contributed by atoms with Gasteiger partial charge in [-0.15, -0.1) is 0 Å². The monoisotopic (exact) mass is 259 g/mol. The molecular weight excluding hydrogens is 238 g/mol.